The van der Waals surface area contributed by atoms with E-state index in [0.717, 1.165) is 175 Å². The molecule has 16 nitrogen and oxygen atoms in total. The van der Waals surface area contributed by atoms with E-state index in [1.807, 2.05) is 0 Å². The van der Waals surface area contributed by atoms with Gasteiger partial charge in [0, 0.05) is 103 Å². The second-order valence-corrected chi connectivity index (χ2v) is 35.0. The smallest absolute Gasteiger partial charge is 0.302 e. The molecule has 2 aliphatic heterocycles. The van der Waals surface area contributed by atoms with Crippen molar-refractivity contribution in [1.29, 1.82) is 0 Å². The van der Waals surface area contributed by atoms with Crippen molar-refractivity contribution in [2.45, 2.75) is 235 Å². The number of aromatic nitrogens is 4. The maximum atomic E-state index is 13.5. The van der Waals surface area contributed by atoms with Crippen LogP contribution in [0.4, 0.5) is 0 Å². The van der Waals surface area contributed by atoms with E-state index in [2.05, 4.69) is 161 Å². The summed E-state index contributed by atoms with van der Waals surface area (Å²) in [5, 5.41) is 0. The van der Waals surface area contributed by atoms with Gasteiger partial charge >= 0.3 is 35.8 Å². The summed E-state index contributed by atoms with van der Waals surface area (Å²) in [6.07, 6.45) is 21.7. The van der Waals surface area contributed by atoms with Crippen molar-refractivity contribution in [1.82, 2.24) is 19.9 Å². The van der Waals surface area contributed by atoms with Crippen LogP contribution in [0, 0.1) is 92.7 Å². The Morgan fingerprint density at radius 2 is 0.783 bits per heavy atom. The Bertz CT molecular complexity index is 4340. The molecule has 16 heteroatoms. The van der Waals surface area contributed by atoms with Gasteiger partial charge in [0.2, 0.25) is 0 Å². The molecule has 3 aromatic heterocycles. The van der Waals surface area contributed by atoms with Gasteiger partial charge in [0.05, 0.1) is 22.8 Å². The molecule has 5 aromatic rings. The number of aryl methyl sites for hydroxylation is 1. The molecule has 0 spiro atoms. The van der Waals surface area contributed by atoms with E-state index in [9.17, 15) is 28.8 Å². The zero-order valence-electron chi connectivity index (χ0n) is 64.3. The normalized spacial score (nSPS) is 34.5. The second-order valence-electron chi connectivity index (χ2n) is 35.0. The molecule has 10 aliphatic rings. The van der Waals surface area contributed by atoms with Gasteiger partial charge in [0.25, 0.3) is 0 Å². The third-order valence-corrected chi connectivity index (χ3v) is 29.6. The monoisotopic (exact) mass is 1440 g/mol. The van der Waals surface area contributed by atoms with Crippen LogP contribution in [0.2, 0.25) is 0 Å². The number of H-pyrrole nitrogens is 2. The van der Waals surface area contributed by atoms with Gasteiger partial charge in [0.1, 0.15) is 36.6 Å². The molecule has 22 atom stereocenters. The number of hydrogen-bond acceptors (Lipinski definition) is 14. The van der Waals surface area contributed by atoms with Gasteiger partial charge in [-0.05, 0) is 251 Å². The van der Waals surface area contributed by atoms with E-state index in [1.165, 1.54) is 27.7 Å². The number of ether oxygens (including phenoxy) is 6. The van der Waals surface area contributed by atoms with Crippen molar-refractivity contribution in [2.24, 2.45) is 92.7 Å². The van der Waals surface area contributed by atoms with Gasteiger partial charge in [-0.3, -0.25) is 28.8 Å². The van der Waals surface area contributed by atoms with Crippen LogP contribution in [-0.4, -0.2) is 92.4 Å². The van der Waals surface area contributed by atoms with E-state index in [4.69, 9.17) is 38.4 Å². The molecule has 8 fully saturated rings. The lowest BCUT2D eigenvalue weighted by atomic mass is 9.43. The third-order valence-electron chi connectivity index (χ3n) is 29.6. The molecule has 8 saturated carbocycles. The van der Waals surface area contributed by atoms with Gasteiger partial charge in [-0.2, -0.15) is 0 Å². The molecule has 0 radical (unpaired) electrons. The summed E-state index contributed by atoms with van der Waals surface area (Å²) in [5.74, 6) is 0.331. The van der Waals surface area contributed by atoms with Crippen LogP contribution < -0.4 is 0 Å². The summed E-state index contributed by atoms with van der Waals surface area (Å²) in [6, 6.07) is 30.0. The zero-order valence-corrected chi connectivity index (χ0v) is 64.3. The molecule has 2 N–H and O–H groups in total. The molecule has 15 rings (SSSR count). The van der Waals surface area contributed by atoms with E-state index >= 15 is 0 Å². The van der Waals surface area contributed by atoms with Gasteiger partial charge in [-0.1, -0.05) is 102 Å². The summed E-state index contributed by atoms with van der Waals surface area (Å²) in [5.41, 5.74) is 12.6. The largest absolute Gasteiger partial charge is 0.463 e. The number of rotatable bonds is 16. The molecule has 106 heavy (non-hydrogen) atoms. The number of hydrogen-bond donors (Lipinski definition) is 2. The number of nitrogens with one attached hydrogen (secondary N) is 2. The number of esters is 6. The fraction of sp³-hybridized carbons (Fsp3) is 0.578. The molecule has 562 valence electrons. The second kappa shape index (κ2) is 28.8. The first-order valence-electron chi connectivity index (χ1n) is 40.0. The fourth-order valence-corrected chi connectivity index (χ4v) is 25.0. The quantitative estimate of drug-likeness (QED) is 0.0680. The van der Waals surface area contributed by atoms with Crippen molar-refractivity contribution >= 4 is 82.2 Å². The molecule has 8 aliphatic carbocycles. The minimum Gasteiger partial charge on any atom is -0.463 e. The predicted octanol–water partition coefficient (Wildman–Crippen LogP) is 18.5. The lowest BCUT2D eigenvalue weighted by molar-refractivity contribution is -0.225. The Morgan fingerprint density at radius 1 is 0.415 bits per heavy atom. The first-order chi connectivity index (χ1) is 50.7. The summed E-state index contributed by atoms with van der Waals surface area (Å²) >= 11 is 0. The Morgan fingerprint density at radius 3 is 1.17 bits per heavy atom. The highest BCUT2D eigenvalue weighted by Crippen LogP contribution is 2.72. The van der Waals surface area contributed by atoms with Crippen LogP contribution in [-0.2, 0) is 70.0 Å². The first-order valence-corrected chi connectivity index (χ1v) is 40.0. The van der Waals surface area contributed by atoms with E-state index in [0.29, 0.717) is 19.3 Å². The summed E-state index contributed by atoms with van der Waals surface area (Å²) < 4.78 is 37.9. The topological polar surface area (TPSA) is 215 Å². The molecule has 2 aromatic carbocycles. The average Bonchev–Trinajstić information content (AvgIpc) is 1.40. The van der Waals surface area contributed by atoms with Crippen LogP contribution in [0.1, 0.15) is 220 Å². The number of benzene rings is 2. The standard InChI is InChI=1S/C90H110N4O12/c1-49(65-27-29-67-85-69(47-81(89(65,67)11)105-55(7)99)87(9)41-39-61(101-51(3)95)43-59(87)45-79(85)103-53(5)97)23-25-63-71-31-35-75(91-71)83(57-19-15-13-16-20-57)77-37-33-73(93-77)64(74-34-38-78(94-74)84(58-21-17-14-18-22-58)76-36-32-72(63)92-76)26-24-50(2)66-28-30-68-86-70(48-82(90(66,68)12)106-56(8)100)88(10)42-40-62(102-52(4)96)44-60(88)46-80(86)104-54(6)98/h13-22,31-38,49-50,59-62,65-70,79-82,85-86,91-92H,23-30,39-48H2,1-12H3/t49-,50-,59+,60+,61-,62-,65-,66-,67+,68+,69+,70+,79-,80-,81+,82+,85+,86+,87+,88+,89-,90-/m1/s1. The highest BCUT2D eigenvalue weighted by Gasteiger charge is 2.70. The SMILES string of the molecule is CC(=O)O[C@@H]1CC[C@@]2(C)[C@@H](C1)C[C@@H](OC(C)=O)[C@@H]1[C@@H]2C[C@H](OC(C)=O)[C@]2(C)[C@@H]([C@H](C)CCc3c4nc(c(-c5ccccc5)c5ccc([nH]5)c(CC[C@@H](C)[C@H]5CC[C@H]6[C@@H]7[C@H](OC(C)=O)C[C@@H]8C[C@H](OC(C)=O)CC[C@]8(C)[C@H]7C[C@H](OC(C)=O)[C@]56C)c5ccc([nH]5)c(-c5ccccc5)c5nc3C=C5)C=C4)CC[C@@H]12. The fourth-order valence-electron chi connectivity index (χ4n) is 25.0. The molecule has 5 heterocycles. The van der Waals surface area contributed by atoms with E-state index in [-0.39, 0.29) is 160 Å². The van der Waals surface area contributed by atoms with Gasteiger partial charge < -0.3 is 38.4 Å². The Labute approximate surface area is 625 Å². The number of aromatic amines is 2. The van der Waals surface area contributed by atoms with Crippen molar-refractivity contribution in [2.75, 3.05) is 0 Å². The summed E-state index contributed by atoms with van der Waals surface area (Å²) in [7, 11) is 0. The lowest BCUT2D eigenvalue weighted by Crippen LogP contribution is -2.63. The van der Waals surface area contributed by atoms with Crippen molar-refractivity contribution < 1.29 is 57.2 Å². The van der Waals surface area contributed by atoms with E-state index < -0.39 is 5.41 Å². The average molecular weight is 1440 g/mol. The summed E-state index contributed by atoms with van der Waals surface area (Å²) in [4.78, 5) is 97.3. The summed E-state index contributed by atoms with van der Waals surface area (Å²) in [6.45, 7) is 23.5. The van der Waals surface area contributed by atoms with Gasteiger partial charge in [-0.15, -0.1) is 0 Å². The Kier molecular flexibility index (Phi) is 19.9. The van der Waals surface area contributed by atoms with Crippen LogP contribution >= 0.6 is 0 Å². The number of carbonyl (C=O) groups excluding carboxylic acids is 6. The molecule has 0 saturated heterocycles. The minimum atomic E-state index is -0.398. The maximum Gasteiger partial charge on any atom is 0.302 e. The third kappa shape index (κ3) is 13.2. The molecule has 8 bridgehead atoms. The molecular weight excluding hydrogens is 1330 g/mol. The molecule has 0 unspecified atom stereocenters. The van der Waals surface area contributed by atoms with Crippen molar-refractivity contribution in [3.63, 3.8) is 0 Å². The zero-order chi connectivity index (χ0) is 74.5. The van der Waals surface area contributed by atoms with Crippen LogP contribution in [0.5, 0.6) is 0 Å². The van der Waals surface area contributed by atoms with E-state index in [1.54, 1.807) is 13.8 Å². The van der Waals surface area contributed by atoms with Crippen LogP contribution in [0.25, 0.3) is 68.6 Å². The highest BCUT2D eigenvalue weighted by atomic mass is 16.6. The molecular formula is C90H110N4O12. The Balaban J connectivity index is 0.785. The highest BCUT2D eigenvalue weighted by molar-refractivity contribution is 5.94. The van der Waals surface area contributed by atoms with Gasteiger partial charge in [0.15, 0.2) is 0 Å². The lowest BCUT2D eigenvalue weighted by Gasteiger charge is -2.64. The molecule has 0 amide bonds. The van der Waals surface area contributed by atoms with Crippen molar-refractivity contribution in [3.05, 3.63) is 119 Å². The maximum absolute atomic E-state index is 13.5. The first kappa shape index (κ1) is 73.4. The number of nitrogens with zero attached hydrogens (tertiary/aromatic N) is 2. The van der Waals surface area contributed by atoms with Crippen LogP contribution in [0.15, 0.2) is 84.9 Å². The van der Waals surface area contributed by atoms with Crippen LogP contribution in [0.3, 0.4) is 0 Å². The predicted molar refractivity (Wildman–Crippen MR) is 410 cm³/mol. The van der Waals surface area contributed by atoms with Crippen molar-refractivity contribution in [3.8, 4) is 22.3 Å². The number of fused-ring (bicyclic) bond motifs is 18. The Hall–Kier alpha value is -8.14. The number of carbonyl (C=O) groups is 6. The minimum absolute atomic E-state index is 0.0920. The van der Waals surface area contributed by atoms with Gasteiger partial charge in [-0.25, -0.2) is 9.97 Å².